The Labute approximate surface area is 117 Å². The minimum atomic E-state index is -3.67. The normalized spacial score (nSPS) is 13.1. The number of primary amides is 1. The summed E-state index contributed by atoms with van der Waals surface area (Å²) in [5, 5.41) is 9.43. The maximum Gasteiger partial charge on any atom is 0.243 e. The van der Waals surface area contributed by atoms with E-state index in [0.717, 1.165) is 0 Å². The summed E-state index contributed by atoms with van der Waals surface area (Å²) in [6.45, 7) is 1.36. The summed E-state index contributed by atoms with van der Waals surface area (Å²) in [5.74, 6) is -0.613. The van der Waals surface area contributed by atoms with Crippen molar-refractivity contribution in [1.82, 2.24) is 4.72 Å². The Balaban J connectivity index is 2.60. The van der Waals surface area contributed by atoms with Gasteiger partial charge in [-0.2, -0.15) is 0 Å². The minimum absolute atomic E-state index is 0.0223. The van der Waals surface area contributed by atoms with Gasteiger partial charge in [0.25, 0.3) is 0 Å². The molecule has 0 bridgehead atoms. The Kier molecular flexibility index (Phi) is 6.08. The monoisotopic (exact) mass is 302 g/mol. The highest BCUT2D eigenvalue weighted by molar-refractivity contribution is 7.89. The number of ether oxygens (including phenoxy) is 1. The van der Waals surface area contributed by atoms with Gasteiger partial charge in [-0.15, -0.1) is 0 Å². The van der Waals surface area contributed by atoms with Gasteiger partial charge in [0.15, 0.2) is 0 Å². The molecule has 0 aliphatic heterocycles. The first kappa shape index (κ1) is 16.6. The second-order valence-corrected chi connectivity index (χ2v) is 5.93. The van der Waals surface area contributed by atoms with Crippen LogP contribution in [0.1, 0.15) is 18.6 Å². The molecule has 0 saturated heterocycles. The summed E-state index contributed by atoms with van der Waals surface area (Å²) >= 11 is 0. The summed E-state index contributed by atoms with van der Waals surface area (Å²) in [6, 6.07) is 6.02. The fourth-order valence-electron chi connectivity index (χ4n) is 1.45. The van der Waals surface area contributed by atoms with Crippen LogP contribution in [0.15, 0.2) is 29.2 Å². The Bertz CT molecular complexity index is 557. The second-order valence-electron chi connectivity index (χ2n) is 4.17. The molecule has 1 aromatic carbocycles. The third-order valence-electron chi connectivity index (χ3n) is 2.43. The molecule has 20 heavy (non-hydrogen) atoms. The van der Waals surface area contributed by atoms with Gasteiger partial charge >= 0.3 is 0 Å². The molecule has 0 aliphatic rings. The first-order valence-electron chi connectivity index (χ1n) is 5.96. The maximum atomic E-state index is 12.0. The highest BCUT2D eigenvalue weighted by Crippen LogP contribution is 2.16. The Morgan fingerprint density at radius 1 is 1.50 bits per heavy atom. The second kappa shape index (κ2) is 7.34. The van der Waals surface area contributed by atoms with Gasteiger partial charge in [-0.1, -0.05) is 12.1 Å². The van der Waals surface area contributed by atoms with Gasteiger partial charge < -0.3 is 15.6 Å². The largest absolute Gasteiger partial charge is 0.389 e. The van der Waals surface area contributed by atoms with Crippen molar-refractivity contribution in [3.63, 3.8) is 0 Å². The standard InChI is InChI=1S/C12H18N2O5S/c1-9(15)10-3-2-4-11(7-10)20(17,18)14-5-6-19-8-12(13)16/h2-4,7,9,14-15H,5-6,8H2,1H3,(H2,13,16). The highest BCUT2D eigenvalue weighted by atomic mass is 32.2. The number of carbonyl (C=O) groups excluding carboxylic acids is 1. The van der Waals surface area contributed by atoms with Crippen LogP contribution in [0.3, 0.4) is 0 Å². The number of amides is 1. The molecule has 1 aromatic rings. The van der Waals surface area contributed by atoms with Gasteiger partial charge in [-0.25, -0.2) is 13.1 Å². The van der Waals surface area contributed by atoms with Crippen molar-refractivity contribution in [3.05, 3.63) is 29.8 Å². The van der Waals surface area contributed by atoms with E-state index < -0.39 is 22.0 Å². The summed E-state index contributed by atoms with van der Waals surface area (Å²) in [7, 11) is -3.67. The molecule has 1 rings (SSSR count). The molecule has 1 atom stereocenters. The van der Waals surface area contributed by atoms with E-state index in [2.05, 4.69) is 4.72 Å². The molecule has 0 aromatic heterocycles. The number of hydrogen-bond donors (Lipinski definition) is 3. The van der Waals surface area contributed by atoms with Gasteiger partial charge in [-0.3, -0.25) is 4.79 Å². The average molecular weight is 302 g/mol. The SMILES string of the molecule is CC(O)c1cccc(S(=O)(=O)NCCOCC(N)=O)c1. The van der Waals surface area contributed by atoms with Crippen LogP contribution in [0.4, 0.5) is 0 Å². The fraction of sp³-hybridized carbons (Fsp3) is 0.417. The van der Waals surface area contributed by atoms with Crippen molar-refractivity contribution in [2.24, 2.45) is 5.73 Å². The molecule has 4 N–H and O–H groups in total. The molecular formula is C12H18N2O5S. The molecule has 1 unspecified atom stereocenters. The lowest BCUT2D eigenvalue weighted by atomic mass is 10.1. The quantitative estimate of drug-likeness (QED) is 0.560. The van der Waals surface area contributed by atoms with Crippen LogP contribution in [0, 0.1) is 0 Å². The third kappa shape index (κ3) is 5.25. The molecule has 0 fully saturated rings. The van der Waals surface area contributed by atoms with Gasteiger partial charge in [0.1, 0.15) is 6.61 Å². The van der Waals surface area contributed by atoms with E-state index in [1.165, 1.54) is 12.1 Å². The molecule has 7 nitrogen and oxygen atoms in total. The lowest BCUT2D eigenvalue weighted by Crippen LogP contribution is -2.29. The van der Waals surface area contributed by atoms with E-state index in [-0.39, 0.29) is 24.7 Å². The average Bonchev–Trinajstić information content (AvgIpc) is 2.38. The first-order valence-corrected chi connectivity index (χ1v) is 7.45. The summed E-state index contributed by atoms with van der Waals surface area (Å²) in [5.41, 5.74) is 5.38. The Hall–Kier alpha value is -1.48. The predicted octanol–water partition coefficient (Wildman–Crippen LogP) is -0.480. The van der Waals surface area contributed by atoms with E-state index in [4.69, 9.17) is 10.5 Å². The zero-order valence-corrected chi connectivity index (χ0v) is 11.9. The number of aliphatic hydroxyl groups excluding tert-OH is 1. The summed E-state index contributed by atoms with van der Waals surface area (Å²) in [6.07, 6.45) is -0.746. The number of carbonyl (C=O) groups is 1. The van der Waals surface area contributed by atoms with E-state index in [1.807, 2.05) is 0 Å². The van der Waals surface area contributed by atoms with Crippen LogP contribution < -0.4 is 10.5 Å². The van der Waals surface area contributed by atoms with Gasteiger partial charge in [-0.05, 0) is 24.6 Å². The predicted molar refractivity (Wildman–Crippen MR) is 72.3 cm³/mol. The van der Waals surface area contributed by atoms with Crippen LogP contribution in [-0.4, -0.2) is 39.2 Å². The smallest absolute Gasteiger partial charge is 0.243 e. The minimum Gasteiger partial charge on any atom is -0.389 e. The molecule has 0 radical (unpaired) electrons. The van der Waals surface area contributed by atoms with Crippen molar-refractivity contribution in [1.29, 1.82) is 0 Å². The van der Waals surface area contributed by atoms with Crippen LogP contribution >= 0.6 is 0 Å². The molecule has 112 valence electrons. The van der Waals surface area contributed by atoms with E-state index in [1.54, 1.807) is 19.1 Å². The van der Waals surface area contributed by atoms with Crippen molar-refractivity contribution < 1.29 is 23.1 Å². The number of sulfonamides is 1. The van der Waals surface area contributed by atoms with E-state index >= 15 is 0 Å². The van der Waals surface area contributed by atoms with Gasteiger partial charge in [0.05, 0.1) is 17.6 Å². The fourth-order valence-corrected chi connectivity index (χ4v) is 2.51. The van der Waals surface area contributed by atoms with Gasteiger partial charge in [0.2, 0.25) is 15.9 Å². The maximum absolute atomic E-state index is 12.0. The van der Waals surface area contributed by atoms with Crippen LogP contribution in [0.5, 0.6) is 0 Å². The molecule has 0 saturated carbocycles. The first-order chi connectivity index (χ1) is 9.33. The molecule has 0 heterocycles. The molecule has 8 heteroatoms. The van der Waals surface area contributed by atoms with Crippen molar-refractivity contribution in [3.8, 4) is 0 Å². The number of benzene rings is 1. The summed E-state index contributed by atoms with van der Waals surface area (Å²) < 4.78 is 31.1. The zero-order chi connectivity index (χ0) is 15.2. The van der Waals surface area contributed by atoms with Crippen LogP contribution in [0.2, 0.25) is 0 Å². The number of hydrogen-bond acceptors (Lipinski definition) is 5. The third-order valence-corrected chi connectivity index (χ3v) is 3.89. The van der Waals surface area contributed by atoms with Gasteiger partial charge in [0, 0.05) is 6.54 Å². The van der Waals surface area contributed by atoms with Crippen molar-refractivity contribution in [2.45, 2.75) is 17.9 Å². The molecule has 0 aliphatic carbocycles. The number of rotatable bonds is 8. The number of nitrogens with two attached hydrogens (primary N) is 1. The van der Waals surface area contributed by atoms with Crippen LogP contribution in [0.25, 0.3) is 0 Å². The van der Waals surface area contributed by atoms with E-state index in [0.29, 0.717) is 5.56 Å². The molecule has 0 spiro atoms. The van der Waals surface area contributed by atoms with Crippen molar-refractivity contribution >= 4 is 15.9 Å². The van der Waals surface area contributed by atoms with Crippen molar-refractivity contribution in [2.75, 3.05) is 19.8 Å². The van der Waals surface area contributed by atoms with E-state index in [9.17, 15) is 18.3 Å². The lowest BCUT2D eigenvalue weighted by molar-refractivity contribution is -0.122. The number of nitrogens with one attached hydrogen (secondary N) is 1. The number of aliphatic hydroxyl groups is 1. The molecular weight excluding hydrogens is 284 g/mol. The highest BCUT2D eigenvalue weighted by Gasteiger charge is 2.14. The lowest BCUT2D eigenvalue weighted by Gasteiger charge is -2.09. The topological polar surface area (TPSA) is 119 Å². The zero-order valence-electron chi connectivity index (χ0n) is 11.1. The molecule has 1 amide bonds. The summed E-state index contributed by atoms with van der Waals surface area (Å²) in [4.78, 5) is 10.5. The Morgan fingerprint density at radius 2 is 2.20 bits per heavy atom. The Morgan fingerprint density at radius 3 is 2.80 bits per heavy atom. The van der Waals surface area contributed by atoms with Crippen LogP contribution in [-0.2, 0) is 19.6 Å².